The number of aliphatic hydroxyl groups is 1. The average molecular weight is 650 g/mol. The van der Waals surface area contributed by atoms with Crippen LogP contribution >= 0.6 is 0 Å². The molecular formula is C27H55O2U-. The van der Waals surface area contributed by atoms with Crippen LogP contribution in [-0.2, 0) is 0 Å². The van der Waals surface area contributed by atoms with Crippen LogP contribution in [0.1, 0.15) is 107 Å². The number of allylic oxidation sites excluding steroid dienone is 7. The van der Waals surface area contributed by atoms with Crippen molar-refractivity contribution in [2.24, 2.45) is 0 Å². The summed E-state index contributed by atoms with van der Waals surface area (Å²) < 4.78 is 0. The van der Waals surface area contributed by atoms with E-state index in [1.807, 2.05) is 20.8 Å². The van der Waals surface area contributed by atoms with E-state index in [2.05, 4.69) is 83.9 Å². The fourth-order valence-electron chi connectivity index (χ4n) is 1.25. The third-order valence-corrected chi connectivity index (χ3v) is 3.13. The van der Waals surface area contributed by atoms with Crippen molar-refractivity contribution < 1.29 is 41.7 Å². The van der Waals surface area contributed by atoms with E-state index in [0.717, 1.165) is 19.3 Å². The van der Waals surface area contributed by atoms with Crippen LogP contribution in [0, 0.1) is 37.2 Å². The molecule has 0 saturated carbocycles. The summed E-state index contributed by atoms with van der Waals surface area (Å²) in [4.78, 5) is 0. The van der Waals surface area contributed by atoms with E-state index >= 15 is 0 Å². The molecule has 0 heterocycles. The first-order valence-electron chi connectivity index (χ1n) is 11.2. The van der Waals surface area contributed by atoms with Gasteiger partial charge >= 0.3 is 0 Å². The zero-order valence-corrected chi connectivity index (χ0v) is 25.9. The molecule has 1 aliphatic carbocycles. The summed E-state index contributed by atoms with van der Waals surface area (Å²) in [6.07, 6.45) is 22.5. The van der Waals surface area contributed by atoms with Gasteiger partial charge in [-0.15, -0.1) is 13.2 Å². The maximum atomic E-state index is 8.73. The van der Waals surface area contributed by atoms with Gasteiger partial charge in [-0.1, -0.05) is 97.1 Å². The van der Waals surface area contributed by atoms with E-state index in [1.54, 1.807) is 6.92 Å². The first kappa shape index (κ1) is 47.5. The molecule has 1 rings (SSSR count). The number of hydrogen-bond acceptors (Lipinski definition) is 1. The first-order chi connectivity index (χ1) is 13.5. The molecule has 0 bridgehead atoms. The van der Waals surface area contributed by atoms with Gasteiger partial charge < -0.3 is 16.7 Å². The van der Waals surface area contributed by atoms with Crippen LogP contribution in [0.4, 0.5) is 0 Å². The van der Waals surface area contributed by atoms with Crippen LogP contribution in [0.2, 0.25) is 0 Å². The Labute approximate surface area is 215 Å². The Morgan fingerprint density at radius 3 is 1.67 bits per heavy atom. The van der Waals surface area contributed by atoms with Crippen molar-refractivity contribution in [3.63, 3.8) is 0 Å². The van der Waals surface area contributed by atoms with Crippen molar-refractivity contribution in [1.29, 1.82) is 0 Å². The van der Waals surface area contributed by atoms with Gasteiger partial charge in [0.1, 0.15) is 0 Å². The molecule has 1 unspecified atom stereocenters. The van der Waals surface area contributed by atoms with Crippen LogP contribution in [0.25, 0.3) is 0 Å². The van der Waals surface area contributed by atoms with Crippen LogP contribution in [-0.4, -0.2) is 16.7 Å². The van der Waals surface area contributed by atoms with Crippen LogP contribution in [0.3, 0.4) is 0 Å². The number of hydrogen-bond donors (Lipinski definition) is 1. The van der Waals surface area contributed by atoms with Crippen LogP contribution in [0.5, 0.6) is 0 Å². The average Bonchev–Trinajstić information content (AvgIpc) is 3.57. The maximum Gasteiger partial charge on any atom is 0.0511 e. The van der Waals surface area contributed by atoms with Crippen LogP contribution in [0.15, 0.2) is 55.7 Å². The molecule has 180 valence electrons. The van der Waals surface area contributed by atoms with Gasteiger partial charge in [0.15, 0.2) is 0 Å². The van der Waals surface area contributed by atoms with E-state index in [9.17, 15) is 0 Å². The Hall–Kier alpha value is -0.328. The van der Waals surface area contributed by atoms with Gasteiger partial charge in [-0.3, -0.25) is 6.58 Å². The van der Waals surface area contributed by atoms with Crippen molar-refractivity contribution in [3.8, 4) is 0 Å². The standard InChI is InChI=1S/C7H13O.C7H14.C5H6.C4H10.C2H6.C2H4.H2O.U/c1-3-4-5-6-7(2)8;1-3-5-7-6-4-2;1-2-5-3-4-5;1-3-4-2;2*1-2;;/h7-8H,1,4-6H2,2H3;3,5H,4,6-7H2,1-2H3;2-4H,1H3;3-4H2,1-2H3;1-2H3;1-2H2;1H2;/q-1;;;;;;;/b;5-3-;;;;;;. The summed E-state index contributed by atoms with van der Waals surface area (Å²) in [7, 11) is 0. The SMILES string of the molecule is C/C=C\CCCC.C=C.C=[C-]CCCC(C)O.CC.CC=C1C=C1.CCCC.O.[U]. The first-order valence-corrected chi connectivity index (χ1v) is 11.2. The summed E-state index contributed by atoms with van der Waals surface area (Å²) in [5.74, 6) is 0. The molecule has 1 atom stereocenters. The molecular weight excluding hydrogens is 594 g/mol. The second-order valence-electron chi connectivity index (χ2n) is 5.82. The van der Waals surface area contributed by atoms with Gasteiger partial charge in [-0.05, 0) is 39.2 Å². The molecule has 0 radical (unpaired) electrons. The summed E-state index contributed by atoms with van der Waals surface area (Å²) in [6.45, 7) is 25.9. The smallest absolute Gasteiger partial charge is 0.0511 e. The van der Waals surface area contributed by atoms with E-state index in [4.69, 9.17) is 5.11 Å². The Morgan fingerprint density at radius 2 is 1.47 bits per heavy atom. The zero-order valence-electron chi connectivity index (χ0n) is 21.7. The van der Waals surface area contributed by atoms with Crippen molar-refractivity contribution >= 4 is 0 Å². The monoisotopic (exact) mass is 649 g/mol. The minimum Gasteiger partial charge on any atom is -0.504 e. The Balaban J connectivity index is -0.0000000444. The van der Waals surface area contributed by atoms with E-state index < -0.39 is 0 Å². The van der Waals surface area contributed by atoms with E-state index in [1.165, 1.54) is 37.7 Å². The predicted octanol–water partition coefficient (Wildman–Crippen LogP) is 8.59. The van der Waals surface area contributed by atoms with Crippen molar-refractivity contribution in [2.45, 2.75) is 113 Å². The molecule has 3 N–H and O–H groups in total. The molecule has 0 aromatic heterocycles. The third kappa shape index (κ3) is 91.4. The van der Waals surface area contributed by atoms with Gasteiger partial charge in [-0.2, -0.15) is 6.42 Å². The van der Waals surface area contributed by atoms with Crippen LogP contribution < -0.4 is 0 Å². The summed E-state index contributed by atoms with van der Waals surface area (Å²) in [5.41, 5.74) is 1.38. The predicted molar refractivity (Wildman–Crippen MR) is 138 cm³/mol. The van der Waals surface area contributed by atoms with Gasteiger partial charge in [0.05, 0.1) is 6.10 Å². The number of aliphatic hydroxyl groups excluding tert-OH is 1. The minimum absolute atomic E-state index is 0. The molecule has 0 aliphatic heterocycles. The Bertz CT molecular complexity index is 322. The molecule has 30 heavy (non-hydrogen) atoms. The molecule has 3 heteroatoms. The van der Waals surface area contributed by atoms with E-state index in [-0.39, 0.29) is 42.7 Å². The second kappa shape index (κ2) is 56.7. The fraction of sp³-hybridized carbons (Fsp3) is 0.630. The fourth-order valence-corrected chi connectivity index (χ4v) is 1.25. The number of unbranched alkanes of at least 4 members (excludes halogenated alkanes) is 4. The van der Waals surface area contributed by atoms with Gasteiger partial charge in [-0.25, -0.2) is 0 Å². The molecule has 0 aromatic rings. The minimum atomic E-state index is -0.164. The molecule has 0 amide bonds. The molecule has 0 saturated heterocycles. The largest absolute Gasteiger partial charge is 0.504 e. The number of rotatable bonds is 8. The summed E-state index contributed by atoms with van der Waals surface area (Å²) in [5, 5.41) is 8.73. The zero-order chi connectivity index (χ0) is 23.1. The van der Waals surface area contributed by atoms with Crippen molar-refractivity contribution in [1.82, 2.24) is 0 Å². The second-order valence-corrected chi connectivity index (χ2v) is 5.82. The molecule has 2 nitrogen and oxygen atoms in total. The summed E-state index contributed by atoms with van der Waals surface area (Å²) in [6, 6.07) is 0. The Kier molecular flexibility index (Phi) is 89.7. The quantitative estimate of drug-likeness (QED) is 0.160. The normalized spacial score (nSPS) is 9.97. The van der Waals surface area contributed by atoms with Gasteiger partial charge in [0.2, 0.25) is 0 Å². The van der Waals surface area contributed by atoms with Crippen molar-refractivity contribution in [3.05, 3.63) is 61.8 Å². The molecule has 0 fully saturated rings. The topological polar surface area (TPSA) is 51.7 Å². The third-order valence-electron chi connectivity index (χ3n) is 3.13. The van der Waals surface area contributed by atoms with Gasteiger partial charge in [0, 0.05) is 31.1 Å². The molecule has 0 spiro atoms. The van der Waals surface area contributed by atoms with E-state index in [0.29, 0.717) is 0 Å². The van der Waals surface area contributed by atoms with Crippen molar-refractivity contribution in [2.75, 3.05) is 0 Å². The van der Waals surface area contributed by atoms with Gasteiger partial charge in [0.25, 0.3) is 0 Å². The maximum absolute atomic E-state index is 8.73. The summed E-state index contributed by atoms with van der Waals surface area (Å²) >= 11 is 0. The molecule has 1 aliphatic rings. The Morgan fingerprint density at radius 1 is 1.00 bits per heavy atom. The molecule has 0 aromatic carbocycles.